The Morgan fingerprint density at radius 3 is 2.10 bits per heavy atom. The summed E-state index contributed by atoms with van der Waals surface area (Å²) in [7, 11) is 4.70. The van der Waals surface area contributed by atoms with Gasteiger partial charge in [0.05, 0.1) is 49.9 Å². The summed E-state index contributed by atoms with van der Waals surface area (Å²) in [5, 5.41) is 14.6. The Bertz CT molecular complexity index is 2290. The summed E-state index contributed by atoms with van der Waals surface area (Å²) in [6, 6.07) is 16.1. The molecule has 0 saturated carbocycles. The van der Waals surface area contributed by atoms with Crippen LogP contribution in [0.4, 0.5) is 21.0 Å². The second-order valence-electron chi connectivity index (χ2n) is 16.6. The molecule has 1 aliphatic carbocycles. The minimum absolute atomic E-state index is 0. The maximum absolute atomic E-state index is 13.8. The average molecular weight is 1030 g/mol. The van der Waals surface area contributed by atoms with Gasteiger partial charge in [0.2, 0.25) is 0 Å². The lowest BCUT2D eigenvalue weighted by Gasteiger charge is -2.32. The number of hydrogen-bond donors (Lipinski definition) is 2. The molecule has 4 amide bonds. The van der Waals surface area contributed by atoms with E-state index in [-0.39, 0.29) is 62.8 Å². The fraction of sp³-hybridized carbons (Fsp3) is 0.491. The van der Waals surface area contributed by atoms with E-state index in [1.54, 1.807) is 59.7 Å². The topological polar surface area (TPSA) is 166 Å². The number of carbonyl (C=O) groups is 4. The van der Waals surface area contributed by atoms with Crippen molar-refractivity contribution in [2.75, 3.05) is 82.1 Å². The highest BCUT2D eigenvalue weighted by Crippen LogP contribution is 2.39. The third kappa shape index (κ3) is 17.2. The lowest BCUT2D eigenvalue weighted by Crippen LogP contribution is -2.44. The molecule has 0 radical (unpaired) electrons. The number of ether oxygens (including phenoxy) is 6. The van der Waals surface area contributed by atoms with Crippen LogP contribution < -0.4 is 34.1 Å². The van der Waals surface area contributed by atoms with Crippen molar-refractivity contribution >= 4 is 58.9 Å². The molecule has 6 rings (SSSR count). The highest BCUT2D eigenvalue weighted by molar-refractivity contribution is 8.03. The molecule has 15 nitrogen and oxygen atoms in total. The molecular formula is C55H76N4O11S2. The zero-order valence-electron chi connectivity index (χ0n) is 42.2. The van der Waals surface area contributed by atoms with Crippen molar-refractivity contribution in [1.29, 1.82) is 0 Å². The van der Waals surface area contributed by atoms with Gasteiger partial charge in [-0.2, -0.15) is 0 Å². The Balaban J connectivity index is 0.00000370. The van der Waals surface area contributed by atoms with Crippen molar-refractivity contribution < 1.29 is 52.7 Å². The molecule has 0 fully saturated rings. The summed E-state index contributed by atoms with van der Waals surface area (Å²) in [6.07, 6.45) is 14.2. The second-order valence-corrected chi connectivity index (χ2v) is 19.0. The maximum atomic E-state index is 13.8. The Morgan fingerprint density at radius 1 is 0.764 bits per heavy atom. The number of carbonyl (C=O) groups excluding carboxylic acids is 4. The van der Waals surface area contributed by atoms with Gasteiger partial charge in [0.25, 0.3) is 11.8 Å². The number of thioether (sulfide) groups is 2. The van der Waals surface area contributed by atoms with Gasteiger partial charge in [0, 0.05) is 59.6 Å². The summed E-state index contributed by atoms with van der Waals surface area (Å²) in [4.78, 5) is 61.5. The number of unbranched alkanes of at least 4 members (excludes halogenated alkanes) is 2. The molecule has 0 bridgehead atoms. The standard InChI is InChI=1S/C52H66N4O11S2.C2H6.CH4/c1-5-18-37-24-26-55(51(60)66-29-31-68-38-19-10-6-7-11-20-38)42-35-46(44(62-3)33-40(42)49(58)53-37)64-27-16-9-17-28-65-47-36-43-41(34-45(47)63-4)50(59)54(2)25-15-14-23-48(57)56(43)52(61)67-30-32-69-39-21-12-8-13-22-39;1-2;/h6-8,10,12-13,19-22,33-37,48,57H,5,9,11,14-18,23-32H2,1-4H3,(H,53,58);1-2H3;1H4. The Kier molecular flexibility index (Phi) is 25.8. The van der Waals surface area contributed by atoms with E-state index in [4.69, 9.17) is 28.4 Å². The van der Waals surface area contributed by atoms with Crippen LogP contribution in [-0.2, 0) is 9.47 Å². The van der Waals surface area contributed by atoms with E-state index >= 15 is 0 Å². The van der Waals surface area contributed by atoms with Gasteiger partial charge in [-0.25, -0.2) is 9.59 Å². The molecule has 0 saturated heterocycles. The summed E-state index contributed by atoms with van der Waals surface area (Å²) in [6.45, 7) is 7.74. The molecule has 0 aromatic heterocycles. The number of nitrogens with one attached hydrogen (secondary N) is 1. The van der Waals surface area contributed by atoms with Crippen LogP contribution in [0.1, 0.15) is 113 Å². The van der Waals surface area contributed by atoms with E-state index < -0.39 is 18.4 Å². The van der Waals surface area contributed by atoms with Crippen LogP contribution in [0.15, 0.2) is 94.8 Å². The van der Waals surface area contributed by atoms with E-state index in [0.29, 0.717) is 104 Å². The van der Waals surface area contributed by atoms with Gasteiger partial charge < -0.3 is 43.7 Å². The zero-order chi connectivity index (χ0) is 51.0. The van der Waals surface area contributed by atoms with Crippen molar-refractivity contribution in [2.24, 2.45) is 0 Å². The third-order valence-electron chi connectivity index (χ3n) is 11.7. The molecule has 3 aromatic carbocycles. The fourth-order valence-electron chi connectivity index (χ4n) is 8.06. The highest BCUT2D eigenvalue weighted by atomic mass is 32.2. The molecule has 2 unspecified atom stereocenters. The lowest BCUT2D eigenvalue weighted by molar-refractivity contribution is 0.0782. The second kappa shape index (κ2) is 31.6. The minimum atomic E-state index is -1.25. The van der Waals surface area contributed by atoms with E-state index in [1.165, 1.54) is 19.1 Å². The monoisotopic (exact) mass is 1030 g/mol. The molecule has 0 spiro atoms. The SMILES string of the molecule is C.CC.CCCC1CCN(C(=O)OCCSC2=CCC=CC=C2)c2cc(OCCCCCOc3cc4c(cc3OC)C(=O)N(C)CCCCC(O)N4C(=O)OCCSc3ccccc3)c(OC)cc2C(=O)N1. The van der Waals surface area contributed by atoms with Crippen molar-refractivity contribution in [3.8, 4) is 23.0 Å². The van der Waals surface area contributed by atoms with Crippen LogP contribution in [-0.4, -0.2) is 119 Å². The number of fused-ring (bicyclic) bond motifs is 2. The minimum Gasteiger partial charge on any atom is -0.493 e. The number of aliphatic hydroxyl groups is 1. The number of anilines is 2. The first-order valence-corrected chi connectivity index (χ1v) is 26.8. The number of benzene rings is 3. The predicted molar refractivity (Wildman–Crippen MR) is 290 cm³/mol. The van der Waals surface area contributed by atoms with Crippen molar-refractivity contribution in [2.45, 2.75) is 110 Å². The number of methoxy groups -OCH3 is 2. The average Bonchev–Trinajstić information content (AvgIpc) is 3.66. The molecule has 394 valence electrons. The number of nitrogens with zero attached hydrogens (tertiary/aromatic N) is 3. The van der Waals surface area contributed by atoms with Crippen LogP contribution in [0.3, 0.4) is 0 Å². The molecule has 2 N–H and O–H groups in total. The fourth-order valence-corrected chi connectivity index (χ4v) is 9.60. The maximum Gasteiger partial charge on any atom is 0.416 e. The van der Waals surface area contributed by atoms with Gasteiger partial charge >= 0.3 is 12.2 Å². The summed E-state index contributed by atoms with van der Waals surface area (Å²) in [5.41, 5.74) is 1.02. The van der Waals surface area contributed by atoms with Gasteiger partial charge in [-0.1, -0.05) is 77.1 Å². The van der Waals surface area contributed by atoms with Crippen LogP contribution >= 0.6 is 23.5 Å². The number of amides is 4. The van der Waals surface area contributed by atoms with Crippen LogP contribution in [0.2, 0.25) is 0 Å². The Morgan fingerprint density at radius 2 is 1.42 bits per heavy atom. The van der Waals surface area contributed by atoms with Gasteiger partial charge in [0.15, 0.2) is 23.0 Å². The number of allylic oxidation sites excluding steroid dienone is 5. The van der Waals surface area contributed by atoms with Crippen LogP contribution in [0.25, 0.3) is 0 Å². The van der Waals surface area contributed by atoms with Crippen molar-refractivity contribution in [1.82, 2.24) is 10.2 Å². The Labute approximate surface area is 435 Å². The molecule has 3 aromatic rings. The smallest absolute Gasteiger partial charge is 0.416 e. The largest absolute Gasteiger partial charge is 0.493 e. The van der Waals surface area contributed by atoms with E-state index in [1.807, 2.05) is 62.4 Å². The highest BCUT2D eigenvalue weighted by Gasteiger charge is 2.33. The summed E-state index contributed by atoms with van der Waals surface area (Å²) < 4.78 is 35.4. The summed E-state index contributed by atoms with van der Waals surface area (Å²) >= 11 is 3.16. The zero-order valence-corrected chi connectivity index (χ0v) is 43.8. The lowest BCUT2D eigenvalue weighted by atomic mass is 10.0. The van der Waals surface area contributed by atoms with Crippen LogP contribution in [0, 0.1) is 0 Å². The molecule has 2 heterocycles. The van der Waals surface area contributed by atoms with Gasteiger partial charge in [-0.3, -0.25) is 19.4 Å². The molecule has 2 aliphatic heterocycles. The van der Waals surface area contributed by atoms with Crippen molar-refractivity contribution in [3.05, 3.63) is 101 Å². The molecule has 2 atom stereocenters. The number of hydrogen-bond acceptors (Lipinski definition) is 13. The number of rotatable bonds is 20. The first-order chi connectivity index (χ1) is 34.6. The molecule has 17 heteroatoms. The van der Waals surface area contributed by atoms with Gasteiger partial charge in [-0.05, 0) is 88.1 Å². The van der Waals surface area contributed by atoms with E-state index in [9.17, 15) is 24.3 Å². The van der Waals surface area contributed by atoms with Gasteiger partial charge in [0.1, 0.15) is 19.4 Å². The van der Waals surface area contributed by atoms with Gasteiger partial charge in [-0.15, -0.1) is 23.5 Å². The summed E-state index contributed by atoms with van der Waals surface area (Å²) in [5.74, 6) is 1.80. The Hall–Kier alpha value is -5.78. The third-order valence-corrected chi connectivity index (χ3v) is 13.7. The quantitative estimate of drug-likeness (QED) is 0.0812. The van der Waals surface area contributed by atoms with E-state index in [2.05, 4.69) is 24.4 Å². The molecule has 3 aliphatic rings. The van der Waals surface area contributed by atoms with Crippen molar-refractivity contribution in [3.63, 3.8) is 0 Å². The normalized spacial score (nSPS) is 16.7. The van der Waals surface area contributed by atoms with Crippen LogP contribution in [0.5, 0.6) is 23.0 Å². The molecule has 72 heavy (non-hydrogen) atoms. The first-order valence-electron chi connectivity index (χ1n) is 24.8. The number of aliphatic hydroxyl groups excluding tert-OH is 1. The first kappa shape index (κ1) is 58.8. The van der Waals surface area contributed by atoms with E-state index in [0.717, 1.165) is 34.0 Å². The molecular weight excluding hydrogens is 957 g/mol. The predicted octanol–water partition coefficient (Wildman–Crippen LogP) is 11.7.